The van der Waals surface area contributed by atoms with Crippen molar-refractivity contribution in [2.75, 3.05) is 5.73 Å². The van der Waals surface area contributed by atoms with E-state index in [2.05, 4.69) is 9.82 Å². The van der Waals surface area contributed by atoms with Crippen LogP contribution in [0.2, 0.25) is 0 Å². The minimum absolute atomic E-state index is 0.0135. The van der Waals surface area contributed by atoms with Crippen molar-refractivity contribution in [1.82, 2.24) is 14.5 Å². The molecule has 1 heterocycles. The molecule has 0 unspecified atom stereocenters. The predicted molar refractivity (Wildman–Crippen MR) is 77.5 cm³/mol. The maximum absolute atomic E-state index is 12.3. The Morgan fingerprint density at radius 3 is 2.55 bits per heavy atom. The Kier molecular flexibility index (Phi) is 4.10. The monoisotopic (exact) mass is 294 g/mol. The topological polar surface area (TPSA) is 90.0 Å². The first-order chi connectivity index (χ1) is 9.44. The van der Waals surface area contributed by atoms with E-state index in [1.165, 1.54) is 10.9 Å². The maximum atomic E-state index is 12.3. The van der Waals surface area contributed by atoms with Gasteiger partial charge in [-0.25, -0.2) is 13.1 Å². The van der Waals surface area contributed by atoms with Crippen molar-refractivity contribution in [1.29, 1.82) is 0 Å². The highest BCUT2D eigenvalue weighted by Gasteiger charge is 2.23. The smallest absolute Gasteiger partial charge is 0.246 e. The minimum atomic E-state index is -3.69. The number of nitrogens with two attached hydrogens (primary N) is 1. The number of benzene rings is 1. The minimum Gasteiger partial charge on any atom is -0.381 e. The van der Waals surface area contributed by atoms with Crippen molar-refractivity contribution in [2.24, 2.45) is 0 Å². The highest BCUT2D eigenvalue weighted by molar-refractivity contribution is 7.89. The Labute approximate surface area is 118 Å². The molecule has 1 aromatic heterocycles. The fraction of sp³-hybridized carbons (Fsp3) is 0.308. The summed E-state index contributed by atoms with van der Waals surface area (Å²) < 4.78 is 28.7. The van der Waals surface area contributed by atoms with Crippen molar-refractivity contribution < 1.29 is 8.42 Å². The van der Waals surface area contributed by atoms with E-state index in [0.29, 0.717) is 6.54 Å². The van der Waals surface area contributed by atoms with Crippen LogP contribution < -0.4 is 10.5 Å². The van der Waals surface area contributed by atoms with Crippen LogP contribution in [-0.2, 0) is 16.6 Å². The van der Waals surface area contributed by atoms with Gasteiger partial charge >= 0.3 is 0 Å². The molecule has 0 spiro atoms. The normalized spacial score (nSPS) is 13.3. The Hall–Kier alpha value is -1.86. The van der Waals surface area contributed by atoms with Crippen LogP contribution in [0.1, 0.15) is 25.5 Å². The summed E-state index contributed by atoms with van der Waals surface area (Å²) in [5.74, 6) is 0.0135. The molecule has 20 heavy (non-hydrogen) atoms. The second-order valence-corrected chi connectivity index (χ2v) is 6.17. The molecule has 0 saturated heterocycles. The van der Waals surface area contributed by atoms with Crippen LogP contribution in [0.4, 0.5) is 5.82 Å². The van der Waals surface area contributed by atoms with E-state index >= 15 is 0 Å². The third kappa shape index (κ3) is 3.00. The molecule has 0 aliphatic rings. The molecule has 108 valence electrons. The Bertz CT molecular complexity index is 680. The van der Waals surface area contributed by atoms with Crippen LogP contribution >= 0.6 is 0 Å². The number of sulfonamides is 1. The van der Waals surface area contributed by atoms with Gasteiger partial charge in [0.2, 0.25) is 10.0 Å². The van der Waals surface area contributed by atoms with Crippen molar-refractivity contribution >= 4 is 15.8 Å². The summed E-state index contributed by atoms with van der Waals surface area (Å²) in [6.07, 6.45) is 1.44. The molecule has 2 rings (SSSR count). The molecule has 0 fully saturated rings. The Balaban J connectivity index is 2.25. The van der Waals surface area contributed by atoms with Gasteiger partial charge in [-0.15, -0.1) is 0 Å². The number of rotatable bonds is 5. The van der Waals surface area contributed by atoms with Gasteiger partial charge in [0.1, 0.15) is 4.90 Å². The van der Waals surface area contributed by atoms with E-state index in [4.69, 9.17) is 5.73 Å². The molecular formula is C13H18N4O2S. The predicted octanol–water partition coefficient (Wildman–Crippen LogP) is 1.52. The molecule has 1 aromatic carbocycles. The van der Waals surface area contributed by atoms with Crippen molar-refractivity contribution in [3.8, 4) is 0 Å². The number of nitrogen functional groups attached to an aromatic ring is 1. The number of aromatic nitrogens is 2. The van der Waals surface area contributed by atoms with Crippen LogP contribution in [-0.4, -0.2) is 18.2 Å². The zero-order chi connectivity index (χ0) is 14.8. The van der Waals surface area contributed by atoms with Gasteiger partial charge in [0.15, 0.2) is 5.82 Å². The summed E-state index contributed by atoms with van der Waals surface area (Å²) in [6.45, 7) is 4.21. The zero-order valence-corrected chi connectivity index (χ0v) is 12.3. The van der Waals surface area contributed by atoms with Crippen LogP contribution in [0.3, 0.4) is 0 Å². The van der Waals surface area contributed by atoms with E-state index in [0.717, 1.165) is 5.56 Å². The lowest BCUT2D eigenvalue weighted by Gasteiger charge is -2.13. The molecule has 7 heteroatoms. The summed E-state index contributed by atoms with van der Waals surface area (Å²) >= 11 is 0. The average molecular weight is 294 g/mol. The number of hydrogen-bond donors (Lipinski definition) is 2. The molecule has 0 saturated carbocycles. The van der Waals surface area contributed by atoms with Gasteiger partial charge in [0, 0.05) is 18.8 Å². The molecule has 6 nitrogen and oxygen atoms in total. The van der Waals surface area contributed by atoms with Gasteiger partial charge in [-0.05, 0) is 19.4 Å². The Morgan fingerprint density at radius 1 is 1.35 bits per heavy atom. The second-order valence-electron chi connectivity index (χ2n) is 4.49. The number of nitrogens with zero attached hydrogens (tertiary/aromatic N) is 2. The highest BCUT2D eigenvalue weighted by Crippen LogP contribution is 2.20. The van der Waals surface area contributed by atoms with E-state index in [9.17, 15) is 8.42 Å². The molecule has 0 amide bonds. The van der Waals surface area contributed by atoms with Crippen molar-refractivity contribution in [3.63, 3.8) is 0 Å². The molecule has 1 atom stereocenters. The van der Waals surface area contributed by atoms with Crippen LogP contribution in [0.15, 0.2) is 41.4 Å². The number of nitrogens with one attached hydrogen (secondary N) is 1. The van der Waals surface area contributed by atoms with Gasteiger partial charge in [0.05, 0.1) is 0 Å². The maximum Gasteiger partial charge on any atom is 0.246 e. The summed E-state index contributed by atoms with van der Waals surface area (Å²) in [7, 11) is -3.69. The molecule has 0 bridgehead atoms. The summed E-state index contributed by atoms with van der Waals surface area (Å²) in [5.41, 5.74) is 6.55. The zero-order valence-electron chi connectivity index (χ0n) is 11.4. The van der Waals surface area contributed by atoms with Crippen LogP contribution in [0.5, 0.6) is 0 Å². The molecule has 2 aromatic rings. The Morgan fingerprint density at radius 2 is 2.00 bits per heavy atom. The van der Waals surface area contributed by atoms with Crippen molar-refractivity contribution in [2.45, 2.75) is 31.3 Å². The average Bonchev–Trinajstić information content (AvgIpc) is 2.81. The van der Waals surface area contributed by atoms with Gasteiger partial charge in [-0.3, -0.25) is 4.68 Å². The fourth-order valence-electron chi connectivity index (χ4n) is 1.89. The second kappa shape index (κ2) is 5.64. The molecular weight excluding hydrogens is 276 g/mol. The molecule has 0 radical (unpaired) electrons. The van der Waals surface area contributed by atoms with Gasteiger partial charge in [-0.1, -0.05) is 30.3 Å². The first-order valence-corrected chi connectivity index (χ1v) is 7.82. The number of aryl methyl sites for hydroxylation is 1. The first kappa shape index (κ1) is 14.5. The third-order valence-corrected chi connectivity index (χ3v) is 4.56. The largest absolute Gasteiger partial charge is 0.381 e. The van der Waals surface area contributed by atoms with Gasteiger partial charge in [0.25, 0.3) is 0 Å². The number of anilines is 1. The lowest BCUT2D eigenvalue weighted by atomic mass is 10.1. The van der Waals surface area contributed by atoms with Crippen LogP contribution in [0, 0.1) is 0 Å². The quantitative estimate of drug-likeness (QED) is 0.875. The van der Waals surface area contributed by atoms with E-state index in [1.807, 2.05) is 37.3 Å². The molecule has 0 aliphatic carbocycles. The van der Waals surface area contributed by atoms with E-state index in [1.54, 1.807) is 6.92 Å². The first-order valence-electron chi connectivity index (χ1n) is 6.34. The third-order valence-electron chi connectivity index (χ3n) is 3.00. The lowest BCUT2D eigenvalue weighted by molar-refractivity contribution is 0.567. The van der Waals surface area contributed by atoms with Crippen molar-refractivity contribution in [3.05, 3.63) is 42.1 Å². The summed E-state index contributed by atoms with van der Waals surface area (Å²) in [5, 5.41) is 3.95. The highest BCUT2D eigenvalue weighted by atomic mass is 32.2. The van der Waals surface area contributed by atoms with Crippen LogP contribution in [0.25, 0.3) is 0 Å². The van der Waals surface area contributed by atoms with E-state index < -0.39 is 10.0 Å². The standard InChI is InChI=1S/C13H18N4O2S/c1-3-17-9-12(13(14)15-17)20(18,19)16-10(2)11-7-5-4-6-8-11/h4-10,16H,3H2,1-2H3,(H2,14,15)/t10-/m0/s1. The molecule has 0 aliphatic heterocycles. The molecule has 3 N–H and O–H groups in total. The SMILES string of the molecule is CCn1cc(S(=O)(=O)N[C@@H](C)c2ccccc2)c(N)n1. The van der Waals surface area contributed by atoms with Gasteiger partial charge < -0.3 is 5.73 Å². The van der Waals surface area contributed by atoms with E-state index in [-0.39, 0.29) is 16.8 Å². The summed E-state index contributed by atoms with van der Waals surface area (Å²) in [6, 6.07) is 9.00. The lowest BCUT2D eigenvalue weighted by Crippen LogP contribution is -2.27. The fourth-order valence-corrected chi connectivity index (χ4v) is 3.20. The summed E-state index contributed by atoms with van der Waals surface area (Å²) in [4.78, 5) is 0.0159. The van der Waals surface area contributed by atoms with Gasteiger partial charge in [-0.2, -0.15) is 5.10 Å². The number of hydrogen-bond acceptors (Lipinski definition) is 4.